The predicted octanol–water partition coefficient (Wildman–Crippen LogP) is 4.61. The Balaban J connectivity index is 1.52. The molecule has 41 heavy (non-hydrogen) atoms. The van der Waals surface area contributed by atoms with E-state index < -0.39 is 58.6 Å². The number of carbonyl (C=O) groups excluding carboxylic acids is 2. The summed E-state index contributed by atoms with van der Waals surface area (Å²) in [6.45, 7) is 1.30. The lowest BCUT2D eigenvalue weighted by molar-refractivity contribution is -0.274. The van der Waals surface area contributed by atoms with Gasteiger partial charge in [-0.1, -0.05) is 0 Å². The average molecular weight is 578 g/mol. The molecule has 1 saturated heterocycles. The van der Waals surface area contributed by atoms with Crippen LogP contribution in [0.15, 0.2) is 53.5 Å². The van der Waals surface area contributed by atoms with Gasteiger partial charge in [0.25, 0.3) is 11.5 Å². The van der Waals surface area contributed by atoms with Crippen molar-refractivity contribution in [1.82, 2.24) is 9.88 Å². The van der Waals surface area contributed by atoms with Crippen LogP contribution in [0.2, 0.25) is 0 Å². The van der Waals surface area contributed by atoms with Gasteiger partial charge in [-0.25, -0.2) is 8.78 Å². The summed E-state index contributed by atoms with van der Waals surface area (Å²) in [4.78, 5) is 41.4. The van der Waals surface area contributed by atoms with Crippen LogP contribution in [0.25, 0.3) is 0 Å². The average Bonchev–Trinajstić information content (AvgIpc) is 3.69. The summed E-state index contributed by atoms with van der Waals surface area (Å²) in [6.07, 6.45) is -1.71. The third-order valence-electron chi connectivity index (χ3n) is 7.12. The molecule has 13 heteroatoms. The second-order valence-corrected chi connectivity index (χ2v) is 9.87. The van der Waals surface area contributed by atoms with E-state index in [1.165, 1.54) is 11.7 Å². The molecule has 1 aliphatic heterocycles. The molecule has 2 fully saturated rings. The molecule has 2 atom stereocenters. The van der Waals surface area contributed by atoms with Gasteiger partial charge in [0.15, 0.2) is 0 Å². The van der Waals surface area contributed by atoms with E-state index in [0.29, 0.717) is 5.56 Å². The largest absolute Gasteiger partial charge is 0.573 e. The number of alkyl halides is 3. The molecule has 2 aromatic carbocycles. The van der Waals surface area contributed by atoms with E-state index >= 15 is 8.78 Å². The number of rotatable bonds is 7. The Morgan fingerprint density at radius 2 is 1.63 bits per heavy atom. The molecule has 3 aromatic rings. The molecule has 216 valence electrons. The molecular formula is C28H24F5N3O5. The lowest BCUT2D eigenvalue weighted by Crippen LogP contribution is -2.44. The minimum atomic E-state index is -4.93. The summed E-state index contributed by atoms with van der Waals surface area (Å²) in [5.41, 5.74) is -0.567. The summed E-state index contributed by atoms with van der Waals surface area (Å²) >= 11 is 0. The van der Waals surface area contributed by atoms with Crippen LogP contribution in [0, 0.1) is 18.6 Å². The van der Waals surface area contributed by atoms with Crippen molar-refractivity contribution in [3.05, 3.63) is 87.3 Å². The first kappa shape index (κ1) is 28.1. The molecule has 8 nitrogen and oxygen atoms in total. The molecule has 1 aromatic heterocycles. The number of carbonyl (C=O) groups is 2. The Labute approximate surface area is 230 Å². The summed E-state index contributed by atoms with van der Waals surface area (Å²) in [7, 11) is 1.23. The Morgan fingerprint density at radius 1 is 1.00 bits per heavy atom. The molecule has 1 aliphatic carbocycles. The van der Waals surface area contributed by atoms with Crippen molar-refractivity contribution in [1.29, 1.82) is 0 Å². The van der Waals surface area contributed by atoms with Gasteiger partial charge in [-0.15, -0.1) is 13.2 Å². The molecule has 1 N–H and O–H groups in total. The quantitative estimate of drug-likeness (QED) is 0.415. The van der Waals surface area contributed by atoms with Crippen LogP contribution in [-0.4, -0.2) is 42.4 Å². The maximum absolute atomic E-state index is 15.2. The van der Waals surface area contributed by atoms with Gasteiger partial charge in [0.1, 0.15) is 34.9 Å². The first-order valence-corrected chi connectivity index (χ1v) is 12.6. The van der Waals surface area contributed by atoms with Crippen molar-refractivity contribution in [3.8, 4) is 11.5 Å². The zero-order valence-corrected chi connectivity index (χ0v) is 21.8. The smallest absolute Gasteiger partial charge is 0.497 e. The van der Waals surface area contributed by atoms with Gasteiger partial charge < -0.3 is 24.3 Å². The molecule has 2 heterocycles. The van der Waals surface area contributed by atoms with E-state index in [9.17, 15) is 27.6 Å². The van der Waals surface area contributed by atoms with E-state index in [2.05, 4.69) is 10.1 Å². The van der Waals surface area contributed by atoms with E-state index in [1.807, 2.05) is 0 Å². The number of halogens is 5. The number of nitrogens with zero attached hydrogens (tertiary/aromatic N) is 2. The van der Waals surface area contributed by atoms with Crippen LogP contribution in [0.4, 0.5) is 27.6 Å². The molecule has 2 aliphatic rings. The summed E-state index contributed by atoms with van der Waals surface area (Å²) in [5.74, 6) is -5.63. The number of aromatic nitrogens is 1. The number of pyridine rings is 1. The number of hydrogen-bond acceptors (Lipinski definition) is 5. The molecule has 0 spiro atoms. The third-order valence-corrected chi connectivity index (χ3v) is 7.12. The molecule has 1 saturated carbocycles. The Morgan fingerprint density at radius 3 is 2.20 bits per heavy atom. The Kier molecular flexibility index (Phi) is 7.22. The number of hydrogen-bond donors (Lipinski definition) is 1. The topological polar surface area (TPSA) is 89.9 Å². The second-order valence-electron chi connectivity index (χ2n) is 9.87. The highest BCUT2D eigenvalue weighted by Gasteiger charge is 2.46. The van der Waals surface area contributed by atoms with E-state index in [-0.39, 0.29) is 29.6 Å². The number of ether oxygens (including phenoxy) is 2. The molecule has 0 bridgehead atoms. The van der Waals surface area contributed by atoms with Crippen molar-refractivity contribution in [2.24, 2.45) is 0 Å². The second kappa shape index (κ2) is 10.5. The Hall–Kier alpha value is -4.42. The summed E-state index contributed by atoms with van der Waals surface area (Å²) in [5, 5.41) is 2.47. The van der Waals surface area contributed by atoms with Crippen molar-refractivity contribution in [2.45, 2.75) is 44.1 Å². The van der Waals surface area contributed by atoms with Crippen LogP contribution in [0.5, 0.6) is 11.5 Å². The van der Waals surface area contributed by atoms with Crippen LogP contribution in [0.1, 0.15) is 46.3 Å². The third kappa shape index (κ3) is 5.61. The number of aryl methyl sites for hydroxylation is 1. The maximum Gasteiger partial charge on any atom is 0.573 e. The van der Waals surface area contributed by atoms with Gasteiger partial charge in [0, 0.05) is 48.0 Å². The van der Waals surface area contributed by atoms with Crippen LogP contribution < -0.4 is 25.2 Å². The van der Waals surface area contributed by atoms with E-state index in [1.54, 1.807) is 19.2 Å². The first-order chi connectivity index (χ1) is 19.4. The summed E-state index contributed by atoms with van der Waals surface area (Å²) < 4.78 is 78.2. The minimum absolute atomic E-state index is 0.00775. The number of benzene rings is 2. The Bertz CT molecular complexity index is 1540. The lowest BCUT2D eigenvalue weighted by Gasteiger charge is -2.20. The number of amides is 2. The van der Waals surface area contributed by atoms with Crippen molar-refractivity contribution >= 4 is 17.5 Å². The lowest BCUT2D eigenvalue weighted by atomic mass is 9.92. The van der Waals surface area contributed by atoms with Gasteiger partial charge in [-0.3, -0.25) is 14.4 Å². The number of methoxy groups -OCH3 is 1. The molecule has 0 unspecified atom stereocenters. The number of nitrogens with one attached hydrogen (secondary N) is 1. The standard InChI is InChI=1S/C28H24F5N3O5/c1-14-9-10-35(16-5-6-16)27(39)24(14)36-13-19(22-20(29)11-18(40-2)12-21(22)30)23(26(36)38)34-25(37)15-3-7-17(8-4-15)41-28(31,32)33/h3-4,7-12,16,19,23H,5-6,13H2,1-2H3,(H,34,37)/t19-,23-/m0/s1. The van der Waals surface area contributed by atoms with Gasteiger partial charge in [-0.05, 0) is 55.7 Å². The monoisotopic (exact) mass is 577 g/mol. The van der Waals surface area contributed by atoms with Crippen molar-refractivity contribution < 1.29 is 41.0 Å². The van der Waals surface area contributed by atoms with Gasteiger partial charge >= 0.3 is 6.36 Å². The van der Waals surface area contributed by atoms with Crippen LogP contribution >= 0.6 is 0 Å². The van der Waals surface area contributed by atoms with Gasteiger partial charge in [0.05, 0.1) is 7.11 Å². The minimum Gasteiger partial charge on any atom is -0.497 e. The van der Waals surface area contributed by atoms with Crippen LogP contribution in [-0.2, 0) is 4.79 Å². The van der Waals surface area contributed by atoms with Gasteiger partial charge in [0.2, 0.25) is 5.91 Å². The fraction of sp³-hybridized carbons (Fsp3) is 0.321. The highest BCUT2D eigenvalue weighted by molar-refractivity contribution is 6.05. The summed E-state index contributed by atoms with van der Waals surface area (Å²) in [6, 6.07) is 5.96. The van der Waals surface area contributed by atoms with Crippen LogP contribution in [0.3, 0.4) is 0 Å². The zero-order valence-electron chi connectivity index (χ0n) is 21.8. The van der Waals surface area contributed by atoms with Gasteiger partial charge in [-0.2, -0.15) is 0 Å². The normalized spacial score (nSPS) is 18.9. The molecule has 0 radical (unpaired) electrons. The number of anilines is 1. The van der Waals surface area contributed by atoms with E-state index in [0.717, 1.165) is 54.1 Å². The van der Waals surface area contributed by atoms with E-state index in [4.69, 9.17) is 4.74 Å². The molecular weight excluding hydrogens is 553 g/mol. The first-order valence-electron chi connectivity index (χ1n) is 12.6. The highest BCUT2D eigenvalue weighted by Crippen LogP contribution is 2.38. The maximum atomic E-state index is 15.2. The predicted molar refractivity (Wildman–Crippen MR) is 136 cm³/mol. The zero-order chi connectivity index (χ0) is 29.6. The fourth-order valence-electron chi connectivity index (χ4n) is 5.02. The molecule has 5 rings (SSSR count). The SMILES string of the molecule is COc1cc(F)c([C@@H]2CN(c3c(C)ccn(C4CC4)c3=O)C(=O)[C@H]2NC(=O)c2ccc(OC(F)(F)F)cc2)c(F)c1. The molecule has 2 amide bonds. The van der Waals surface area contributed by atoms with Crippen molar-refractivity contribution in [2.75, 3.05) is 18.6 Å². The van der Waals surface area contributed by atoms with Crippen molar-refractivity contribution in [3.63, 3.8) is 0 Å². The highest BCUT2D eigenvalue weighted by atomic mass is 19.4. The fourth-order valence-corrected chi connectivity index (χ4v) is 5.02.